The number of oxime groups is 1. The molecule has 14 heteroatoms. The van der Waals surface area contributed by atoms with Crippen molar-refractivity contribution in [1.82, 2.24) is 5.16 Å². The Balaban J connectivity index is 0.000000313. The predicted octanol–water partition coefficient (Wildman–Crippen LogP) is 7.25. The number of carbonyl (C=O) groups is 3. The van der Waals surface area contributed by atoms with E-state index in [0.29, 0.717) is 37.0 Å². The van der Waals surface area contributed by atoms with Crippen molar-refractivity contribution in [1.29, 1.82) is 0 Å². The van der Waals surface area contributed by atoms with Gasteiger partial charge in [0.25, 0.3) is 0 Å². The number of methoxy groups -OCH3 is 2. The summed E-state index contributed by atoms with van der Waals surface area (Å²) in [5, 5.41) is 16.4. The largest absolute Gasteiger partial charge is 0.469 e. The summed E-state index contributed by atoms with van der Waals surface area (Å²) in [6, 6.07) is 9.92. The van der Waals surface area contributed by atoms with Crippen LogP contribution in [0.2, 0.25) is 20.1 Å². The van der Waals surface area contributed by atoms with E-state index in [2.05, 4.69) is 15.0 Å². The van der Waals surface area contributed by atoms with Crippen molar-refractivity contribution in [3.8, 4) is 11.3 Å². The third-order valence-corrected chi connectivity index (χ3v) is 5.85. The molecule has 0 aliphatic rings. The Morgan fingerprint density at radius 2 is 1.42 bits per heavy atom. The van der Waals surface area contributed by atoms with Gasteiger partial charge in [0.2, 0.25) is 0 Å². The number of benzene rings is 2. The fourth-order valence-corrected chi connectivity index (χ4v) is 4.08. The lowest BCUT2D eigenvalue weighted by molar-refractivity contribution is -0.142. The molecule has 0 saturated carbocycles. The molecule has 0 spiro atoms. The van der Waals surface area contributed by atoms with E-state index in [1.807, 2.05) is 0 Å². The maximum absolute atomic E-state index is 11.7. The summed E-state index contributed by atoms with van der Waals surface area (Å²) in [5.74, 6) is -0.832. The molecule has 0 saturated heterocycles. The molecular weight excluding hydrogens is 606 g/mol. The number of Topliss-reactive ketones (excluding diaryl/α,β-unsaturated/α-hetero) is 1. The lowest BCUT2D eigenvalue weighted by atomic mass is 10.1. The zero-order valence-corrected chi connectivity index (χ0v) is 24.1. The molecule has 0 bridgehead atoms. The maximum Gasteiger partial charge on any atom is 0.343 e. The first-order chi connectivity index (χ1) is 17.9. The summed E-state index contributed by atoms with van der Waals surface area (Å²) in [6.45, 7) is 2.96. The van der Waals surface area contributed by atoms with Crippen LogP contribution in [-0.2, 0) is 19.1 Å². The average molecular weight is 627 g/mol. The Morgan fingerprint density at radius 1 is 0.921 bits per heavy atom. The van der Waals surface area contributed by atoms with E-state index >= 15 is 0 Å². The first kappa shape index (κ1) is 33.2. The number of hydrogen-bond acceptors (Lipinski definition) is 9. The van der Waals surface area contributed by atoms with Gasteiger partial charge in [-0.1, -0.05) is 80.4 Å². The quantitative estimate of drug-likeness (QED) is 0.103. The summed E-state index contributed by atoms with van der Waals surface area (Å²) in [6.07, 6.45) is -0.115. The second-order valence-electron chi connectivity index (χ2n) is 6.99. The molecule has 3 rings (SSSR count). The SMILES string of the molecule is COC(=O)CC(C)=O.COC(=O)c1c(-c2c(Cl)cccc2Cl)noc1C.O/N=C(\Cl)c1c(Cl)cccc1Cl. The molecule has 0 unspecified atom stereocenters. The van der Waals surface area contributed by atoms with Gasteiger partial charge in [-0.2, -0.15) is 0 Å². The van der Waals surface area contributed by atoms with Crippen LogP contribution in [0.3, 0.4) is 0 Å². The van der Waals surface area contributed by atoms with Gasteiger partial charge >= 0.3 is 11.9 Å². The van der Waals surface area contributed by atoms with Gasteiger partial charge in [-0.15, -0.1) is 0 Å². The number of carbonyl (C=O) groups excluding carboxylic acids is 3. The molecule has 0 radical (unpaired) electrons. The standard InChI is InChI=1S/C12H9Cl2NO3.C7H4Cl3NO.C5H8O3/c1-6-9(12(16)17-2)11(15-18-6)10-7(13)4-3-5-8(10)14;8-4-2-1-3-5(9)6(4)7(10)11-12;1-4(6)3-5(7)8-2/h3-5H,1-2H3;1-3,12H;3H2,1-2H3/b;11-7-;. The van der Waals surface area contributed by atoms with Gasteiger partial charge in [0, 0.05) is 5.56 Å². The zero-order chi connectivity index (χ0) is 29.0. The van der Waals surface area contributed by atoms with Crippen molar-refractivity contribution >= 4 is 80.9 Å². The van der Waals surface area contributed by atoms with Crippen molar-refractivity contribution in [3.63, 3.8) is 0 Å². The van der Waals surface area contributed by atoms with Gasteiger partial charge in [0.15, 0.2) is 5.17 Å². The monoisotopic (exact) mass is 624 g/mol. The fraction of sp³-hybridized carbons (Fsp3) is 0.208. The highest BCUT2D eigenvalue weighted by atomic mass is 35.5. The molecule has 1 N–H and O–H groups in total. The highest BCUT2D eigenvalue weighted by molar-refractivity contribution is 6.71. The maximum atomic E-state index is 11.7. The molecule has 204 valence electrons. The van der Waals surface area contributed by atoms with Crippen LogP contribution in [-0.4, -0.2) is 47.5 Å². The minimum atomic E-state index is -0.542. The van der Waals surface area contributed by atoms with Crippen molar-refractivity contribution < 1.29 is 33.6 Å². The Morgan fingerprint density at radius 3 is 1.82 bits per heavy atom. The van der Waals surface area contributed by atoms with Gasteiger partial charge in [-0.05, 0) is 38.1 Å². The number of nitrogens with zero attached hydrogens (tertiary/aromatic N) is 2. The molecule has 1 heterocycles. The summed E-state index contributed by atoms with van der Waals surface area (Å²) < 4.78 is 13.9. The first-order valence-corrected chi connectivity index (χ1v) is 12.2. The van der Waals surface area contributed by atoms with Crippen LogP contribution in [0.4, 0.5) is 0 Å². The molecule has 0 atom stereocenters. The van der Waals surface area contributed by atoms with Crippen molar-refractivity contribution in [2.24, 2.45) is 5.16 Å². The van der Waals surface area contributed by atoms with E-state index < -0.39 is 11.9 Å². The molecule has 3 aromatic rings. The van der Waals surface area contributed by atoms with Crippen LogP contribution in [0.15, 0.2) is 46.1 Å². The van der Waals surface area contributed by atoms with Crippen LogP contribution >= 0.6 is 58.0 Å². The number of rotatable bonds is 5. The van der Waals surface area contributed by atoms with Crippen LogP contribution < -0.4 is 0 Å². The molecule has 9 nitrogen and oxygen atoms in total. The molecule has 1 aromatic heterocycles. The molecule has 0 aliphatic carbocycles. The number of halogens is 5. The zero-order valence-electron chi connectivity index (χ0n) is 20.4. The number of ketones is 1. The van der Waals surface area contributed by atoms with E-state index in [-0.39, 0.29) is 28.6 Å². The predicted molar refractivity (Wildman–Crippen MR) is 146 cm³/mol. The van der Waals surface area contributed by atoms with E-state index in [1.165, 1.54) is 21.1 Å². The summed E-state index contributed by atoms with van der Waals surface area (Å²) in [5.41, 5.74) is 1.31. The number of hydrogen-bond donors (Lipinski definition) is 1. The van der Waals surface area contributed by atoms with Gasteiger partial charge in [-0.3, -0.25) is 9.59 Å². The van der Waals surface area contributed by atoms with Crippen LogP contribution in [0.25, 0.3) is 11.3 Å². The molecular formula is C24H21Cl5N2O7. The third kappa shape index (κ3) is 9.49. The van der Waals surface area contributed by atoms with E-state index in [1.54, 1.807) is 43.3 Å². The molecule has 0 amide bonds. The smallest absolute Gasteiger partial charge is 0.343 e. The molecule has 2 aromatic carbocycles. The number of ether oxygens (including phenoxy) is 2. The highest BCUT2D eigenvalue weighted by Crippen LogP contribution is 2.36. The van der Waals surface area contributed by atoms with Gasteiger partial charge in [-0.25, -0.2) is 4.79 Å². The fourth-order valence-electron chi connectivity index (χ4n) is 2.63. The second-order valence-corrected chi connectivity index (χ2v) is 8.98. The average Bonchev–Trinajstić information content (AvgIpc) is 3.24. The van der Waals surface area contributed by atoms with E-state index in [4.69, 9.17) is 72.5 Å². The summed E-state index contributed by atoms with van der Waals surface area (Å²) >= 11 is 29.2. The van der Waals surface area contributed by atoms with Crippen LogP contribution in [0.1, 0.15) is 35.0 Å². The normalized spacial score (nSPS) is 10.4. The first-order valence-electron chi connectivity index (χ1n) is 10.3. The van der Waals surface area contributed by atoms with Crippen molar-refractivity contribution in [3.05, 3.63) is 73.4 Å². The molecule has 0 fully saturated rings. The lowest BCUT2D eigenvalue weighted by Gasteiger charge is -2.05. The van der Waals surface area contributed by atoms with Gasteiger partial charge < -0.3 is 19.2 Å². The van der Waals surface area contributed by atoms with E-state index in [9.17, 15) is 14.4 Å². The Labute approximate surface area is 243 Å². The van der Waals surface area contributed by atoms with Crippen molar-refractivity contribution in [2.45, 2.75) is 20.3 Å². The lowest BCUT2D eigenvalue weighted by Crippen LogP contribution is -2.05. The molecule has 38 heavy (non-hydrogen) atoms. The van der Waals surface area contributed by atoms with E-state index in [0.717, 1.165) is 0 Å². The molecule has 0 aliphatic heterocycles. The minimum absolute atomic E-state index is 0.115. The Kier molecular flexibility index (Phi) is 14.2. The number of esters is 2. The minimum Gasteiger partial charge on any atom is -0.469 e. The topological polar surface area (TPSA) is 128 Å². The highest BCUT2D eigenvalue weighted by Gasteiger charge is 2.25. The van der Waals surface area contributed by atoms with Gasteiger partial charge in [0.05, 0.1) is 39.9 Å². The second kappa shape index (κ2) is 16.2. The summed E-state index contributed by atoms with van der Waals surface area (Å²) in [7, 11) is 2.54. The van der Waals surface area contributed by atoms with Crippen LogP contribution in [0, 0.1) is 6.92 Å². The number of aryl methyl sites for hydroxylation is 1. The Hall–Kier alpha value is -2.82. The van der Waals surface area contributed by atoms with Crippen LogP contribution in [0.5, 0.6) is 0 Å². The number of aromatic nitrogens is 1. The van der Waals surface area contributed by atoms with Crippen molar-refractivity contribution in [2.75, 3.05) is 14.2 Å². The summed E-state index contributed by atoms with van der Waals surface area (Å²) in [4.78, 5) is 32.0. The third-order valence-electron chi connectivity index (χ3n) is 4.33. The Bertz CT molecular complexity index is 1280. The van der Waals surface area contributed by atoms with Gasteiger partial charge in [0.1, 0.15) is 29.2 Å².